The molecule has 0 spiro atoms. The lowest BCUT2D eigenvalue weighted by Gasteiger charge is -2.16. The third kappa shape index (κ3) is 3.91. The van der Waals surface area contributed by atoms with Crippen LogP contribution in [0.15, 0.2) is 73.6 Å². The van der Waals surface area contributed by atoms with E-state index in [2.05, 4.69) is 4.72 Å². The highest BCUT2D eigenvalue weighted by Crippen LogP contribution is 2.25. The molecule has 1 aliphatic heterocycles. The van der Waals surface area contributed by atoms with Gasteiger partial charge in [-0.05, 0) is 55.3 Å². The lowest BCUT2D eigenvalue weighted by molar-refractivity contribution is 0.477. The Balaban J connectivity index is 1.65. The molecule has 2 aromatic carbocycles. The number of nitrogens with zero attached hydrogens (tertiary/aromatic N) is 1. The zero-order valence-corrected chi connectivity index (χ0v) is 16.9. The fourth-order valence-corrected chi connectivity index (χ4v) is 5.88. The second-order valence-corrected chi connectivity index (χ2v) is 10.3. The van der Waals surface area contributed by atoms with Crippen LogP contribution in [0, 0.1) is 0 Å². The summed E-state index contributed by atoms with van der Waals surface area (Å²) in [6.45, 7) is 0.928. The topological polar surface area (TPSA) is 114 Å². The average Bonchev–Trinajstić information content (AvgIpc) is 3.23. The minimum absolute atomic E-state index is 0.0355. The molecule has 1 aliphatic rings. The molecule has 152 valence electrons. The van der Waals surface area contributed by atoms with E-state index in [0.29, 0.717) is 18.5 Å². The molecule has 3 aromatic rings. The molecular weight excluding hydrogens is 416 g/mol. The molecule has 1 aromatic heterocycles. The normalized spacial score (nSPS) is 15.6. The molecule has 0 saturated carbocycles. The summed E-state index contributed by atoms with van der Waals surface area (Å²) in [5.41, 5.74) is -0.109. The van der Waals surface area contributed by atoms with Gasteiger partial charge in [0.15, 0.2) is 0 Å². The Morgan fingerprint density at radius 3 is 2.38 bits per heavy atom. The Hall–Kier alpha value is -2.69. The van der Waals surface area contributed by atoms with E-state index >= 15 is 0 Å². The molecule has 8 nitrogen and oxygen atoms in total. The first-order valence-corrected chi connectivity index (χ1v) is 11.8. The van der Waals surface area contributed by atoms with Crippen LogP contribution < -0.4 is 10.3 Å². The van der Waals surface area contributed by atoms with Gasteiger partial charge < -0.3 is 4.42 Å². The van der Waals surface area contributed by atoms with Gasteiger partial charge in [0.05, 0.1) is 15.5 Å². The van der Waals surface area contributed by atoms with E-state index in [9.17, 15) is 21.6 Å². The van der Waals surface area contributed by atoms with Crippen molar-refractivity contribution in [2.45, 2.75) is 22.6 Å². The lowest BCUT2D eigenvalue weighted by atomic mass is 10.2. The Kier molecular flexibility index (Phi) is 4.93. The summed E-state index contributed by atoms with van der Waals surface area (Å²) in [4.78, 5) is 11.3. The van der Waals surface area contributed by atoms with Crippen molar-refractivity contribution in [3.63, 3.8) is 0 Å². The maximum Gasteiger partial charge on any atom is 0.336 e. The lowest BCUT2D eigenvalue weighted by Crippen LogP contribution is -2.27. The molecule has 0 amide bonds. The third-order valence-corrected chi connectivity index (χ3v) is 7.96. The van der Waals surface area contributed by atoms with E-state index in [1.54, 1.807) is 0 Å². The first kappa shape index (κ1) is 19.6. The van der Waals surface area contributed by atoms with Gasteiger partial charge in [0.1, 0.15) is 5.58 Å². The van der Waals surface area contributed by atoms with Gasteiger partial charge in [0.2, 0.25) is 10.0 Å². The molecule has 0 radical (unpaired) electrons. The number of hydrogen-bond donors (Lipinski definition) is 1. The van der Waals surface area contributed by atoms with Crippen LogP contribution in [-0.2, 0) is 20.0 Å². The van der Waals surface area contributed by atoms with E-state index in [0.717, 1.165) is 12.8 Å². The molecule has 1 fully saturated rings. The standard InChI is InChI=1S/C19H18N2O6S2/c22-19-9-6-14-12-16(7-8-18(14)27-19)28(23,24)20-15-4-3-5-17(13-15)29(25,26)21-10-1-2-11-21/h3-9,12-13,20H,1-2,10-11H2. The van der Waals surface area contributed by atoms with Crippen LogP contribution in [0.25, 0.3) is 11.0 Å². The van der Waals surface area contributed by atoms with E-state index in [1.165, 1.54) is 58.9 Å². The largest absolute Gasteiger partial charge is 0.423 e. The van der Waals surface area contributed by atoms with Gasteiger partial charge in [0.25, 0.3) is 10.0 Å². The fourth-order valence-electron chi connectivity index (χ4n) is 3.23. The molecule has 0 atom stereocenters. The molecule has 0 bridgehead atoms. The fraction of sp³-hybridized carbons (Fsp3) is 0.211. The first-order valence-electron chi connectivity index (χ1n) is 8.93. The Morgan fingerprint density at radius 2 is 1.62 bits per heavy atom. The quantitative estimate of drug-likeness (QED) is 0.617. The van der Waals surface area contributed by atoms with E-state index in [1.807, 2.05) is 0 Å². The average molecular weight is 434 g/mol. The minimum atomic E-state index is -3.97. The van der Waals surface area contributed by atoms with Gasteiger partial charge in [-0.15, -0.1) is 0 Å². The Morgan fingerprint density at radius 1 is 0.862 bits per heavy atom. The number of sulfonamides is 2. The van der Waals surface area contributed by atoms with Crippen LogP contribution in [0.5, 0.6) is 0 Å². The van der Waals surface area contributed by atoms with Gasteiger partial charge in [-0.25, -0.2) is 21.6 Å². The highest BCUT2D eigenvalue weighted by atomic mass is 32.2. The second kappa shape index (κ2) is 7.29. The SMILES string of the molecule is O=c1ccc2cc(S(=O)(=O)Nc3cccc(S(=O)(=O)N4CCCC4)c3)ccc2o1. The van der Waals surface area contributed by atoms with Gasteiger partial charge in [-0.3, -0.25) is 4.72 Å². The zero-order valence-electron chi connectivity index (χ0n) is 15.2. The van der Waals surface area contributed by atoms with Crippen LogP contribution in [-0.4, -0.2) is 34.2 Å². The van der Waals surface area contributed by atoms with Gasteiger partial charge in [-0.1, -0.05) is 6.07 Å². The minimum Gasteiger partial charge on any atom is -0.423 e. The monoisotopic (exact) mass is 434 g/mol. The Bertz CT molecular complexity index is 1340. The van der Waals surface area contributed by atoms with Crippen LogP contribution in [0.4, 0.5) is 5.69 Å². The van der Waals surface area contributed by atoms with Gasteiger partial charge in [0, 0.05) is 24.5 Å². The summed E-state index contributed by atoms with van der Waals surface area (Å²) in [5.74, 6) is 0. The van der Waals surface area contributed by atoms with Crippen LogP contribution in [0.2, 0.25) is 0 Å². The van der Waals surface area contributed by atoms with E-state index < -0.39 is 25.7 Å². The van der Waals surface area contributed by atoms with Crippen molar-refractivity contribution < 1.29 is 21.3 Å². The number of fused-ring (bicyclic) bond motifs is 1. The van der Waals surface area contributed by atoms with E-state index in [4.69, 9.17) is 4.42 Å². The number of anilines is 1. The number of benzene rings is 2. The van der Waals surface area contributed by atoms with Crippen molar-refractivity contribution in [1.82, 2.24) is 4.31 Å². The smallest absolute Gasteiger partial charge is 0.336 e. The van der Waals surface area contributed by atoms with Crippen LogP contribution in [0.3, 0.4) is 0 Å². The number of rotatable bonds is 5. The number of nitrogens with one attached hydrogen (secondary N) is 1. The summed E-state index contributed by atoms with van der Waals surface area (Å²) in [7, 11) is -7.63. The summed E-state index contributed by atoms with van der Waals surface area (Å²) >= 11 is 0. The van der Waals surface area contributed by atoms with Crippen LogP contribution >= 0.6 is 0 Å². The maximum absolute atomic E-state index is 12.8. The number of hydrogen-bond acceptors (Lipinski definition) is 6. The molecule has 4 rings (SSSR count). The molecular formula is C19H18N2O6S2. The molecule has 29 heavy (non-hydrogen) atoms. The second-order valence-electron chi connectivity index (χ2n) is 6.70. The van der Waals surface area contributed by atoms with Gasteiger partial charge >= 0.3 is 5.63 Å². The zero-order chi connectivity index (χ0) is 20.6. The molecule has 1 saturated heterocycles. The van der Waals surface area contributed by atoms with Gasteiger partial charge in [-0.2, -0.15) is 4.31 Å². The van der Waals surface area contributed by atoms with Crippen molar-refractivity contribution >= 4 is 36.7 Å². The van der Waals surface area contributed by atoms with Crippen molar-refractivity contribution in [2.75, 3.05) is 17.8 Å². The summed E-state index contributed by atoms with van der Waals surface area (Å²) in [6, 6.07) is 12.5. The third-order valence-electron chi connectivity index (χ3n) is 4.69. The predicted molar refractivity (Wildman–Crippen MR) is 108 cm³/mol. The van der Waals surface area contributed by atoms with Crippen LogP contribution in [0.1, 0.15) is 12.8 Å². The molecule has 10 heteroatoms. The molecule has 0 aliphatic carbocycles. The van der Waals surface area contributed by atoms with Crippen molar-refractivity contribution in [3.05, 3.63) is 65.0 Å². The highest BCUT2D eigenvalue weighted by molar-refractivity contribution is 7.92. The summed E-state index contributed by atoms with van der Waals surface area (Å²) in [6.07, 6.45) is 1.63. The first-order chi connectivity index (χ1) is 13.8. The van der Waals surface area contributed by atoms with Crippen molar-refractivity contribution in [3.8, 4) is 0 Å². The Labute approximate surface area is 167 Å². The summed E-state index contributed by atoms with van der Waals surface area (Å²) in [5, 5.41) is 0.456. The molecule has 1 N–H and O–H groups in total. The predicted octanol–water partition coefficient (Wildman–Crippen LogP) is 2.38. The molecule has 0 unspecified atom stereocenters. The van der Waals surface area contributed by atoms with Crippen molar-refractivity contribution in [2.24, 2.45) is 0 Å². The summed E-state index contributed by atoms with van der Waals surface area (Å²) < 4.78 is 59.8. The van der Waals surface area contributed by atoms with Crippen molar-refractivity contribution in [1.29, 1.82) is 0 Å². The maximum atomic E-state index is 12.8. The molecule has 2 heterocycles. The highest BCUT2D eigenvalue weighted by Gasteiger charge is 2.27. The van der Waals surface area contributed by atoms with E-state index in [-0.39, 0.29) is 21.1 Å².